The van der Waals surface area contributed by atoms with Gasteiger partial charge in [-0.2, -0.15) is 0 Å². The van der Waals surface area contributed by atoms with E-state index >= 15 is 0 Å². The van der Waals surface area contributed by atoms with Crippen LogP contribution in [0.5, 0.6) is 0 Å². The molecule has 0 aromatic rings. The second-order valence-corrected chi connectivity index (χ2v) is 3.90. The molecule has 0 amide bonds. The molecule has 0 nitrogen and oxygen atoms in total. The van der Waals surface area contributed by atoms with E-state index in [1.165, 1.54) is 19.3 Å². The highest BCUT2D eigenvalue weighted by molar-refractivity contribution is 5.21. The third kappa shape index (κ3) is 0.540. The first-order chi connectivity index (χ1) is 4.22. The van der Waals surface area contributed by atoms with Crippen LogP contribution in [0.15, 0.2) is 11.6 Å². The fourth-order valence-electron chi connectivity index (χ4n) is 2.34. The van der Waals surface area contributed by atoms with Crippen molar-refractivity contribution < 1.29 is 0 Å². The molecule has 0 heteroatoms. The Bertz CT molecular complexity index is 167. The van der Waals surface area contributed by atoms with E-state index in [9.17, 15) is 0 Å². The van der Waals surface area contributed by atoms with E-state index in [0.29, 0.717) is 5.41 Å². The van der Waals surface area contributed by atoms with E-state index in [4.69, 9.17) is 0 Å². The Morgan fingerprint density at radius 2 is 2.44 bits per heavy atom. The fourth-order valence-corrected chi connectivity index (χ4v) is 2.34. The molecule has 2 atom stereocenters. The molecule has 0 radical (unpaired) electrons. The standard InChI is InChI=1S/C9H14/c1-7-3-5-9(2)6-4-8(7)9/h3,8H,4-6H2,1-2H3/t8-,9+/m1/s1. The van der Waals surface area contributed by atoms with Gasteiger partial charge in [0.1, 0.15) is 0 Å². The monoisotopic (exact) mass is 122 g/mol. The summed E-state index contributed by atoms with van der Waals surface area (Å²) in [5.74, 6) is 0.970. The van der Waals surface area contributed by atoms with E-state index in [0.717, 1.165) is 5.92 Å². The molecule has 0 saturated heterocycles. The van der Waals surface area contributed by atoms with E-state index in [1.807, 2.05) is 0 Å². The molecule has 2 aliphatic carbocycles. The second kappa shape index (κ2) is 1.42. The lowest BCUT2D eigenvalue weighted by Crippen LogP contribution is -2.33. The number of rotatable bonds is 0. The lowest BCUT2D eigenvalue weighted by Gasteiger charge is -2.43. The van der Waals surface area contributed by atoms with Crippen LogP contribution in [0, 0.1) is 11.3 Å². The van der Waals surface area contributed by atoms with Crippen molar-refractivity contribution in [3.8, 4) is 0 Å². The van der Waals surface area contributed by atoms with Crippen molar-refractivity contribution >= 4 is 0 Å². The molecule has 1 fully saturated rings. The Morgan fingerprint density at radius 1 is 1.67 bits per heavy atom. The Balaban J connectivity index is 2.24. The zero-order valence-electron chi connectivity index (χ0n) is 6.28. The molecule has 2 rings (SSSR count). The molecule has 0 heterocycles. The van der Waals surface area contributed by atoms with Gasteiger partial charge in [0, 0.05) is 0 Å². The van der Waals surface area contributed by atoms with Gasteiger partial charge in [0.05, 0.1) is 0 Å². The summed E-state index contributed by atoms with van der Waals surface area (Å²) in [4.78, 5) is 0. The zero-order chi connectivity index (χ0) is 6.48. The normalized spacial score (nSPS) is 47.8. The highest BCUT2D eigenvalue weighted by atomic mass is 14.5. The van der Waals surface area contributed by atoms with Crippen molar-refractivity contribution in [2.24, 2.45) is 11.3 Å². The fraction of sp³-hybridized carbons (Fsp3) is 0.778. The predicted molar refractivity (Wildman–Crippen MR) is 39.2 cm³/mol. The largest absolute Gasteiger partial charge is 0.0847 e. The molecular weight excluding hydrogens is 108 g/mol. The summed E-state index contributed by atoms with van der Waals surface area (Å²) < 4.78 is 0. The predicted octanol–water partition coefficient (Wildman–Crippen LogP) is 2.75. The average molecular weight is 122 g/mol. The quantitative estimate of drug-likeness (QED) is 0.433. The topological polar surface area (TPSA) is 0 Å². The van der Waals surface area contributed by atoms with Gasteiger partial charge < -0.3 is 0 Å². The molecule has 2 aliphatic rings. The van der Waals surface area contributed by atoms with Crippen LogP contribution in [0.25, 0.3) is 0 Å². The smallest absolute Gasteiger partial charge is 0.0149 e. The SMILES string of the molecule is CC1=CC[C@@]2(C)CC[C@H]12. The Hall–Kier alpha value is -0.260. The summed E-state index contributed by atoms with van der Waals surface area (Å²) in [6.07, 6.45) is 6.70. The van der Waals surface area contributed by atoms with Gasteiger partial charge in [0.25, 0.3) is 0 Å². The van der Waals surface area contributed by atoms with Gasteiger partial charge in [-0.3, -0.25) is 0 Å². The number of fused-ring (bicyclic) bond motifs is 1. The van der Waals surface area contributed by atoms with Crippen molar-refractivity contribution in [1.82, 2.24) is 0 Å². The molecule has 0 aromatic heterocycles. The van der Waals surface area contributed by atoms with E-state index in [2.05, 4.69) is 19.9 Å². The lowest BCUT2D eigenvalue weighted by atomic mass is 9.61. The minimum atomic E-state index is 0.712. The van der Waals surface area contributed by atoms with Crippen molar-refractivity contribution in [2.75, 3.05) is 0 Å². The van der Waals surface area contributed by atoms with Gasteiger partial charge in [-0.25, -0.2) is 0 Å². The molecule has 0 spiro atoms. The molecule has 9 heavy (non-hydrogen) atoms. The maximum absolute atomic E-state index is 2.43. The lowest BCUT2D eigenvalue weighted by molar-refractivity contribution is 0.102. The molecule has 50 valence electrons. The van der Waals surface area contributed by atoms with Crippen molar-refractivity contribution in [1.29, 1.82) is 0 Å². The minimum absolute atomic E-state index is 0.712. The van der Waals surface area contributed by atoms with Crippen LogP contribution in [-0.2, 0) is 0 Å². The molecule has 1 saturated carbocycles. The van der Waals surface area contributed by atoms with Gasteiger partial charge in [-0.1, -0.05) is 18.6 Å². The van der Waals surface area contributed by atoms with Crippen LogP contribution in [0.2, 0.25) is 0 Å². The van der Waals surface area contributed by atoms with Crippen LogP contribution in [0.1, 0.15) is 33.1 Å². The maximum atomic E-state index is 2.43. The summed E-state index contributed by atoms with van der Waals surface area (Å²) in [6, 6.07) is 0. The molecule has 0 aliphatic heterocycles. The molecule has 0 aromatic carbocycles. The second-order valence-electron chi connectivity index (χ2n) is 3.90. The number of hydrogen-bond donors (Lipinski definition) is 0. The first kappa shape index (κ1) is 5.52. The third-order valence-electron chi connectivity index (χ3n) is 3.29. The van der Waals surface area contributed by atoms with Crippen LogP contribution in [-0.4, -0.2) is 0 Å². The van der Waals surface area contributed by atoms with E-state index in [1.54, 1.807) is 5.57 Å². The van der Waals surface area contributed by atoms with Gasteiger partial charge in [0.2, 0.25) is 0 Å². The molecule has 0 unspecified atom stereocenters. The number of hydrogen-bond acceptors (Lipinski definition) is 0. The zero-order valence-corrected chi connectivity index (χ0v) is 6.28. The summed E-state index contributed by atoms with van der Waals surface area (Å²) >= 11 is 0. The first-order valence-electron chi connectivity index (χ1n) is 3.89. The van der Waals surface area contributed by atoms with E-state index in [-0.39, 0.29) is 0 Å². The van der Waals surface area contributed by atoms with Crippen molar-refractivity contribution in [2.45, 2.75) is 33.1 Å². The van der Waals surface area contributed by atoms with Crippen LogP contribution in [0.4, 0.5) is 0 Å². The van der Waals surface area contributed by atoms with Gasteiger partial charge in [0.15, 0.2) is 0 Å². The highest BCUT2D eigenvalue weighted by Crippen LogP contribution is 2.56. The minimum Gasteiger partial charge on any atom is -0.0847 e. The van der Waals surface area contributed by atoms with Crippen LogP contribution < -0.4 is 0 Å². The number of allylic oxidation sites excluding steroid dienone is 2. The molecular formula is C9H14. The molecule has 0 N–H and O–H groups in total. The van der Waals surface area contributed by atoms with Crippen LogP contribution in [0.3, 0.4) is 0 Å². The van der Waals surface area contributed by atoms with Crippen LogP contribution >= 0.6 is 0 Å². The third-order valence-corrected chi connectivity index (χ3v) is 3.29. The first-order valence-corrected chi connectivity index (χ1v) is 3.89. The average Bonchev–Trinajstić information content (AvgIpc) is 1.93. The summed E-state index contributed by atoms with van der Waals surface area (Å²) in [7, 11) is 0. The van der Waals surface area contributed by atoms with Crippen molar-refractivity contribution in [3.05, 3.63) is 11.6 Å². The van der Waals surface area contributed by atoms with Crippen molar-refractivity contribution in [3.63, 3.8) is 0 Å². The summed E-state index contributed by atoms with van der Waals surface area (Å²) in [5, 5.41) is 0. The maximum Gasteiger partial charge on any atom is -0.0149 e. The summed E-state index contributed by atoms with van der Waals surface area (Å²) in [5.41, 5.74) is 2.37. The Morgan fingerprint density at radius 3 is 2.67 bits per heavy atom. The Kier molecular flexibility index (Phi) is 0.870. The highest BCUT2D eigenvalue weighted by Gasteiger charge is 2.45. The Labute approximate surface area is 57.0 Å². The van der Waals surface area contributed by atoms with Gasteiger partial charge >= 0.3 is 0 Å². The van der Waals surface area contributed by atoms with Gasteiger partial charge in [-0.05, 0) is 37.5 Å². The van der Waals surface area contributed by atoms with E-state index < -0.39 is 0 Å². The summed E-state index contributed by atoms with van der Waals surface area (Å²) in [6.45, 7) is 4.71. The molecule has 0 bridgehead atoms. The van der Waals surface area contributed by atoms with Gasteiger partial charge in [-0.15, -0.1) is 0 Å².